The minimum Gasteiger partial charge on any atom is -0.489 e. The Morgan fingerprint density at radius 3 is 2.64 bits per heavy atom. The summed E-state index contributed by atoms with van der Waals surface area (Å²) >= 11 is 1.31. The Morgan fingerprint density at radius 2 is 1.82 bits per heavy atom. The van der Waals surface area contributed by atoms with Gasteiger partial charge in [0.1, 0.15) is 12.4 Å². The largest absolute Gasteiger partial charge is 0.489 e. The molecule has 0 spiro atoms. The highest BCUT2D eigenvalue weighted by molar-refractivity contribution is 7.22. The standard InChI is InChI=1S/C26H24N2O4S/c1-2-3-14-31-25(30)20-12-13-22-23(16-20)33-26(27-22)28-24(29)19-10-7-11-21(15-19)32-17-18-8-5-4-6-9-18/h4-13,15-16H,2-3,14,17H2,1H3,(H,27,28,29). The summed E-state index contributed by atoms with van der Waals surface area (Å²) in [5, 5.41) is 3.30. The molecule has 4 rings (SSSR count). The van der Waals surface area contributed by atoms with Gasteiger partial charge in [-0.05, 0) is 48.4 Å². The van der Waals surface area contributed by atoms with E-state index in [1.54, 1.807) is 36.4 Å². The smallest absolute Gasteiger partial charge is 0.338 e. The molecule has 0 fully saturated rings. The van der Waals surface area contributed by atoms with Crippen molar-refractivity contribution < 1.29 is 19.1 Å². The monoisotopic (exact) mass is 460 g/mol. The summed E-state index contributed by atoms with van der Waals surface area (Å²) in [5.74, 6) is -0.0166. The first-order chi connectivity index (χ1) is 16.1. The quantitative estimate of drug-likeness (QED) is 0.242. The fourth-order valence-electron chi connectivity index (χ4n) is 3.13. The van der Waals surface area contributed by atoms with Crippen molar-refractivity contribution in [2.45, 2.75) is 26.4 Å². The van der Waals surface area contributed by atoms with Crippen LogP contribution in [0.3, 0.4) is 0 Å². The number of nitrogens with zero attached hydrogens (tertiary/aromatic N) is 1. The number of carbonyl (C=O) groups excluding carboxylic acids is 2. The highest BCUT2D eigenvalue weighted by atomic mass is 32.1. The summed E-state index contributed by atoms with van der Waals surface area (Å²) in [6, 6.07) is 22.1. The number of hydrogen-bond acceptors (Lipinski definition) is 6. The number of fused-ring (bicyclic) bond motifs is 1. The second-order valence-electron chi connectivity index (χ2n) is 7.45. The molecule has 0 aliphatic rings. The molecular formula is C26H24N2O4S. The van der Waals surface area contributed by atoms with E-state index in [4.69, 9.17) is 9.47 Å². The van der Waals surface area contributed by atoms with Gasteiger partial charge >= 0.3 is 5.97 Å². The number of esters is 1. The van der Waals surface area contributed by atoms with Crippen LogP contribution in [-0.4, -0.2) is 23.5 Å². The third-order valence-electron chi connectivity index (χ3n) is 4.92. The van der Waals surface area contributed by atoms with Crippen molar-refractivity contribution in [3.63, 3.8) is 0 Å². The second kappa shape index (κ2) is 10.7. The molecule has 168 valence electrons. The van der Waals surface area contributed by atoms with Crippen LogP contribution in [0, 0.1) is 0 Å². The second-order valence-corrected chi connectivity index (χ2v) is 8.48. The normalized spacial score (nSPS) is 10.7. The van der Waals surface area contributed by atoms with E-state index >= 15 is 0 Å². The SMILES string of the molecule is CCCCOC(=O)c1ccc2nc(NC(=O)c3cccc(OCc4ccccc4)c3)sc2c1. The Balaban J connectivity index is 1.41. The number of ether oxygens (including phenoxy) is 2. The van der Waals surface area contributed by atoms with Gasteiger partial charge in [0.25, 0.3) is 5.91 Å². The Hall–Kier alpha value is -3.71. The molecule has 0 bridgehead atoms. The Bertz CT molecular complexity index is 1250. The van der Waals surface area contributed by atoms with Gasteiger partial charge < -0.3 is 9.47 Å². The number of aromatic nitrogens is 1. The molecule has 1 N–H and O–H groups in total. The zero-order valence-electron chi connectivity index (χ0n) is 18.2. The maximum Gasteiger partial charge on any atom is 0.338 e. The number of benzene rings is 3. The minimum absolute atomic E-state index is 0.279. The Morgan fingerprint density at radius 1 is 0.970 bits per heavy atom. The lowest BCUT2D eigenvalue weighted by Gasteiger charge is -2.08. The topological polar surface area (TPSA) is 77.5 Å². The minimum atomic E-state index is -0.350. The molecule has 0 atom stereocenters. The number of anilines is 1. The average Bonchev–Trinajstić information content (AvgIpc) is 3.25. The van der Waals surface area contributed by atoms with Gasteiger partial charge in [-0.2, -0.15) is 0 Å². The molecule has 0 saturated heterocycles. The molecule has 3 aromatic carbocycles. The first kappa shape index (κ1) is 22.5. The molecule has 7 heteroatoms. The third-order valence-corrected chi connectivity index (χ3v) is 5.85. The van der Waals surface area contributed by atoms with E-state index in [-0.39, 0.29) is 11.9 Å². The molecule has 0 saturated carbocycles. The van der Waals surface area contributed by atoms with E-state index in [0.29, 0.717) is 40.7 Å². The van der Waals surface area contributed by atoms with Crippen molar-refractivity contribution in [1.82, 2.24) is 4.98 Å². The van der Waals surface area contributed by atoms with Crippen LogP contribution < -0.4 is 10.1 Å². The highest BCUT2D eigenvalue weighted by Gasteiger charge is 2.13. The molecule has 4 aromatic rings. The van der Waals surface area contributed by atoms with Crippen LogP contribution in [0.15, 0.2) is 72.8 Å². The lowest BCUT2D eigenvalue weighted by Crippen LogP contribution is -2.11. The molecule has 0 aliphatic heterocycles. The lowest BCUT2D eigenvalue weighted by molar-refractivity contribution is 0.0500. The first-order valence-electron chi connectivity index (χ1n) is 10.8. The van der Waals surface area contributed by atoms with Crippen LogP contribution in [0.2, 0.25) is 0 Å². The number of amides is 1. The van der Waals surface area contributed by atoms with Crippen LogP contribution in [0.4, 0.5) is 5.13 Å². The summed E-state index contributed by atoms with van der Waals surface area (Å²) in [5.41, 5.74) is 2.71. The van der Waals surface area contributed by atoms with Crippen molar-refractivity contribution in [3.05, 3.63) is 89.5 Å². The van der Waals surface area contributed by atoms with Crippen molar-refractivity contribution in [1.29, 1.82) is 0 Å². The molecule has 0 radical (unpaired) electrons. The van der Waals surface area contributed by atoms with E-state index < -0.39 is 0 Å². The predicted molar refractivity (Wildman–Crippen MR) is 130 cm³/mol. The van der Waals surface area contributed by atoms with Crippen molar-refractivity contribution in [2.24, 2.45) is 0 Å². The fourth-order valence-corrected chi connectivity index (χ4v) is 4.04. The van der Waals surface area contributed by atoms with Crippen molar-refractivity contribution in [3.8, 4) is 5.75 Å². The molecule has 6 nitrogen and oxygen atoms in total. The zero-order chi connectivity index (χ0) is 23.0. The van der Waals surface area contributed by atoms with Gasteiger partial charge in [0.15, 0.2) is 5.13 Å². The molecule has 1 heterocycles. The zero-order valence-corrected chi connectivity index (χ0v) is 19.1. The van der Waals surface area contributed by atoms with E-state index in [9.17, 15) is 9.59 Å². The van der Waals surface area contributed by atoms with E-state index in [1.807, 2.05) is 43.3 Å². The number of nitrogens with one attached hydrogen (secondary N) is 1. The van der Waals surface area contributed by atoms with E-state index in [0.717, 1.165) is 23.1 Å². The van der Waals surface area contributed by atoms with Gasteiger partial charge in [-0.1, -0.05) is 61.1 Å². The van der Waals surface area contributed by atoms with E-state index in [1.165, 1.54) is 11.3 Å². The maximum atomic E-state index is 12.8. The summed E-state index contributed by atoms with van der Waals surface area (Å²) in [6.07, 6.45) is 1.80. The van der Waals surface area contributed by atoms with Crippen LogP contribution in [0.25, 0.3) is 10.2 Å². The fraction of sp³-hybridized carbons (Fsp3) is 0.192. The van der Waals surface area contributed by atoms with Crippen molar-refractivity contribution in [2.75, 3.05) is 11.9 Å². The predicted octanol–water partition coefficient (Wildman–Crippen LogP) is 6.08. The van der Waals surface area contributed by atoms with Gasteiger partial charge in [-0.25, -0.2) is 9.78 Å². The number of hydrogen-bond donors (Lipinski definition) is 1. The van der Waals surface area contributed by atoms with Crippen LogP contribution in [0.5, 0.6) is 5.75 Å². The van der Waals surface area contributed by atoms with Crippen molar-refractivity contribution >= 4 is 38.6 Å². The lowest BCUT2D eigenvalue weighted by atomic mass is 10.2. The Labute approximate surface area is 196 Å². The molecule has 1 amide bonds. The molecular weight excluding hydrogens is 436 g/mol. The molecule has 1 aromatic heterocycles. The summed E-state index contributed by atoms with van der Waals surface area (Å²) in [7, 11) is 0. The van der Waals surface area contributed by atoms with Gasteiger partial charge in [0.2, 0.25) is 0 Å². The summed E-state index contributed by atoms with van der Waals surface area (Å²) < 4.78 is 11.9. The summed E-state index contributed by atoms with van der Waals surface area (Å²) in [6.45, 7) is 2.87. The number of rotatable bonds is 9. The van der Waals surface area contributed by atoms with Crippen LogP contribution >= 0.6 is 11.3 Å². The number of carbonyl (C=O) groups is 2. The molecule has 0 aliphatic carbocycles. The average molecular weight is 461 g/mol. The first-order valence-corrected chi connectivity index (χ1v) is 11.6. The van der Waals surface area contributed by atoms with Gasteiger partial charge in [0, 0.05) is 5.56 Å². The van der Waals surface area contributed by atoms with Gasteiger partial charge in [-0.15, -0.1) is 0 Å². The van der Waals surface area contributed by atoms with Gasteiger partial charge in [-0.3, -0.25) is 10.1 Å². The molecule has 0 unspecified atom stereocenters. The van der Waals surface area contributed by atoms with Crippen LogP contribution in [-0.2, 0) is 11.3 Å². The third kappa shape index (κ3) is 5.96. The molecule has 33 heavy (non-hydrogen) atoms. The maximum absolute atomic E-state index is 12.8. The number of unbranched alkanes of at least 4 members (excludes halogenated alkanes) is 1. The van der Waals surface area contributed by atoms with Crippen LogP contribution in [0.1, 0.15) is 46.0 Å². The highest BCUT2D eigenvalue weighted by Crippen LogP contribution is 2.28. The number of thiazole rings is 1. The van der Waals surface area contributed by atoms with Gasteiger partial charge in [0.05, 0.1) is 22.4 Å². The van der Waals surface area contributed by atoms with E-state index in [2.05, 4.69) is 10.3 Å². The Kier molecular flexibility index (Phi) is 7.32. The summed E-state index contributed by atoms with van der Waals surface area (Å²) in [4.78, 5) is 29.4.